The van der Waals surface area contributed by atoms with E-state index in [2.05, 4.69) is 14.1 Å². The van der Waals surface area contributed by atoms with Crippen LogP contribution < -0.4 is 16.1 Å². The van der Waals surface area contributed by atoms with E-state index in [1.54, 1.807) is 24.3 Å². The third kappa shape index (κ3) is 3.40. The highest BCUT2D eigenvalue weighted by Crippen LogP contribution is 2.15. The SMILES string of the molecule is O=c1[nH]c2ccc(S(=O)(=O)NCc3ccc(Cl)cc3)cc2c(=O)o1. The number of nitrogens with one attached hydrogen (secondary N) is 2. The summed E-state index contributed by atoms with van der Waals surface area (Å²) in [6.45, 7) is 0.0672. The number of halogens is 1. The van der Waals surface area contributed by atoms with E-state index < -0.39 is 21.4 Å². The first-order chi connectivity index (χ1) is 11.3. The number of hydrogen-bond donors (Lipinski definition) is 2. The van der Waals surface area contributed by atoms with Crippen LogP contribution in [0.25, 0.3) is 10.9 Å². The molecule has 3 aromatic rings. The van der Waals surface area contributed by atoms with Crippen LogP contribution in [0, 0.1) is 0 Å². The average Bonchev–Trinajstić information content (AvgIpc) is 2.54. The zero-order valence-corrected chi connectivity index (χ0v) is 13.6. The summed E-state index contributed by atoms with van der Waals surface area (Å²) in [5.74, 6) is -0.899. The van der Waals surface area contributed by atoms with Gasteiger partial charge in [0.2, 0.25) is 10.0 Å². The van der Waals surface area contributed by atoms with Gasteiger partial charge < -0.3 is 4.42 Å². The Morgan fingerprint density at radius 1 is 1.08 bits per heavy atom. The number of fused-ring (bicyclic) bond motifs is 1. The molecule has 9 heteroatoms. The molecular weight excluding hydrogens is 356 g/mol. The molecule has 0 saturated carbocycles. The minimum absolute atomic E-state index is 0.0241. The number of benzene rings is 2. The molecule has 0 radical (unpaired) electrons. The molecule has 2 aromatic carbocycles. The second-order valence-corrected chi connectivity index (χ2v) is 7.16. The molecule has 24 heavy (non-hydrogen) atoms. The van der Waals surface area contributed by atoms with Crippen LogP contribution in [0.5, 0.6) is 0 Å². The van der Waals surface area contributed by atoms with E-state index in [1.165, 1.54) is 12.1 Å². The molecule has 3 rings (SSSR count). The van der Waals surface area contributed by atoms with Crippen molar-refractivity contribution in [3.63, 3.8) is 0 Å². The molecule has 0 spiro atoms. The summed E-state index contributed by atoms with van der Waals surface area (Å²) >= 11 is 5.78. The number of aromatic amines is 1. The summed E-state index contributed by atoms with van der Waals surface area (Å²) < 4.78 is 31.5. The Labute approximate surface area is 140 Å². The smallest absolute Gasteiger partial charge is 0.372 e. The molecule has 0 aliphatic rings. The van der Waals surface area contributed by atoms with Gasteiger partial charge >= 0.3 is 11.4 Å². The maximum Gasteiger partial charge on any atom is 0.419 e. The van der Waals surface area contributed by atoms with Gasteiger partial charge in [-0.05, 0) is 35.9 Å². The first kappa shape index (κ1) is 16.4. The quantitative estimate of drug-likeness (QED) is 0.729. The number of rotatable bonds is 4. The molecule has 0 aliphatic carbocycles. The third-order valence-electron chi connectivity index (χ3n) is 3.32. The van der Waals surface area contributed by atoms with Crippen molar-refractivity contribution in [2.45, 2.75) is 11.4 Å². The fourth-order valence-corrected chi connectivity index (χ4v) is 3.28. The van der Waals surface area contributed by atoms with Crippen LogP contribution in [-0.2, 0) is 16.6 Å². The van der Waals surface area contributed by atoms with Crippen molar-refractivity contribution in [2.24, 2.45) is 0 Å². The molecule has 0 saturated heterocycles. The number of H-pyrrole nitrogens is 1. The summed E-state index contributed by atoms with van der Waals surface area (Å²) in [5.41, 5.74) is 0.0315. The molecule has 0 fully saturated rings. The van der Waals surface area contributed by atoms with E-state index in [-0.39, 0.29) is 22.3 Å². The van der Waals surface area contributed by atoms with Gasteiger partial charge in [0.25, 0.3) is 0 Å². The highest BCUT2D eigenvalue weighted by molar-refractivity contribution is 7.89. The molecule has 0 bridgehead atoms. The van der Waals surface area contributed by atoms with Crippen LogP contribution in [-0.4, -0.2) is 13.4 Å². The largest absolute Gasteiger partial charge is 0.419 e. The molecule has 0 unspecified atom stereocenters. The molecule has 0 aliphatic heterocycles. The lowest BCUT2D eigenvalue weighted by atomic mass is 10.2. The Morgan fingerprint density at radius 3 is 2.50 bits per heavy atom. The first-order valence-corrected chi connectivity index (χ1v) is 8.62. The summed E-state index contributed by atoms with van der Waals surface area (Å²) in [6.07, 6.45) is 0. The molecule has 1 heterocycles. The van der Waals surface area contributed by atoms with Crippen LogP contribution in [0.1, 0.15) is 5.56 Å². The van der Waals surface area contributed by atoms with E-state index in [9.17, 15) is 18.0 Å². The minimum atomic E-state index is -3.84. The van der Waals surface area contributed by atoms with E-state index in [0.29, 0.717) is 5.02 Å². The van der Waals surface area contributed by atoms with Gasteiger partial charge in [-0.3, -0.25) is 4.98 Å². The maximum atomic E-state index is 12.4. The van der Waals surface area contributed by atoms with Crippen LogP contribution in [0.4, 0.5) is 0 Å². The zero-order valence-electron chi connectivity index (χ0n) is 12.1. The molecule has 2 N–H and O–H groups in total. The van der Waals surface area contributed by atoms with Crippen LogP contribution in [0.3, 0.4) is 0 Å². The number of aromatic nitrogens is 1. The Balaban J connectivity index is 1.91. The van der Waals surface area contributed by atoms with Crippen molar-refractivity contribution in [1.29, 1.82) is 0 Å². The lowest BCUT2D eigenvalue weighted by Gasteiger charge is -2.07. The van der Waals surface area contributed by atoms with Crippen molar-refractivity contribution < 1.29 is 12.8 Å². The van der Waals surface area contributed by atoms with Gasteiger partial charge in [-0.15, -0.1) is 0 Å². The zero-order chi connectivity index (χ0) is 17.3. The van der Waals surface area contributed by atoms with Gasteiger partial charge in [0.05, 0.1) is 15.8 Å². The maximum absolute atomic E-state index is 12.4. The van der Waals surface area contributed by atoms with Crippen molar-refractivity contribution in [3.8, 4) is 0 Å². The standard InChI is InChI=1S/C15H11ClN2O5S/c16-10-3-1-9(2-4-10)8-17-24(21,22)11-5-6-13-12(7-11)14(19)23-15(20)18-13/h1-7,17H,8H2,(H,18,20). The highest BCUT2D eigenvalue weighted by atomic mass is 35.5. The molecule has 7 nitrogen and oxygen atoms in total. The lowest BCUT2D eigenvalue weighted by Crippen LogP contribution is -2.23. The highest BCUT2D eigenvalue weighted by Gasteiger charge is 2.16. The normalized spacial score (nSPS) is 11.7. The second-order valence-electron chi connectivity index (χ2n) is 4.96. The predicted molar refractivity (Wildman–Crippen MR) is 88.6 cm³/mol. The Hall–Kier alpha value is -2.42. The van der Waals surface area contributed by atoms with Crippen LogP contribution in [0.2, 0.25) is 5.02 Å². The van der Waals surface area contributed by atoms with Crippen molar-refractivity contribution in [1.82, 2.24) is 9.71 Å². The average molecular weight is 367 g/mol. The van der Waals surface area contributed by atoms with Gasteiger partial charge in [0, 0.05) is 11.6 Å². The van der Waals surface area contributed by atoms with Crippen LogP contribution in [0.15, 0.2) is 61.4 Å². The fraction of sp³-hybridized carbons (Fsp3) is 0.0667. The lowest BCUT2D eigenvalue weighted by molar-refractivity contribution is 0.460. The Morgan fingerprint density at radius 2 is 1.79 bits per heavy atom. The van der Waals surface area contributed by atoms with Gasteiger partial charge in [-0.2, -0.15) is 0 Å². The van der Waals surface area contributed by atoms with Crippen molar-refractivity contribution >= 4 is 32.5 Å². The van der Waals surface area contributed by atoms with Gasteiger partial charge in [-0.1, -0.05) is 23.7 Å². The number of hydrogen-bond acceptors (Lipinski definition) is 5. The summed E-state index contributed by atoms with van der Waals surface area (Å²) in [7, 11) is -3.84. The molecule has 1 aromatic heterocycles. The number of sulfonamides is 1. The fourth-order valence-electron chi connectivity index (χ4n) is 2.11. The van der Waals surface area contributed by atoms with Crippen molar-refractivity contribution in [3.05, 3.63) is 74.0 Å². The molecule has 124 valence electrons. The topological polar surface area (TPSA) is 109 Å². The van der Waals surface area contributed by atoms with Crippen molar-refractivity contribution in [2.75, 3.05) is 0 Å². The predicted octanol–water partition coefficient (Wildman–Crippen LogP) is 1.61. The van der Waals surface area contributed by atoms with E-state index in [0.717, 1.165) is 11.6 Å². The minimum Gasteiger partial charge on any atom is -0.372 e. The van der Waals surface area contributed by atoms with E-state index >= 15 is 0 Å². The van der Waals surface area contributed by atoms with Gasteiger partial charge in [0.15, 0.2) is 0 Å². The van der Waals surface area contributed by atoms with Gasteiger partial charge in [0.1, 0.15) is 0 Å². The molecule has 0 atom stereocenters. The van der Waals surface area contributed by atoms with E-state index in [4.69, 9.17) is 11.6 Å². The second kappa shape index (κ2) is 6.23. The third-order valence-corrected chi connectivity index (χ3v) is 4.97. The Bertz CT molecular complexity index is 1120. The summed E-state index contributed by atoms with van der Waals surface area (Å²) in [4.78, 5) is 25.0. The van der Waals surface area contributed by atoms with E-state index in [1.807, 2.05) is 0 Å². The first-order valence-electron chi connectivity index (χ1n) is 6.76. The summed E-state index contributed by atoms with van der Waals surface area (Å²) in [6, 6.07) is 10.5. The monoisotopic (exact) mass is 366 g/mol. The molecular formula is C15H11ClN2O5S. The van der Waals surface area contributed by atoms with Crippen LogP contribution >= 0.6 is 11.6 Å². The Kier molecular flexibility index (Phi) is 4.27. The summed E-state index contributed by atoms with van der Waals surface area (Å²) in [5, 5.41) is 0.529. The van der Waals surface area contributed by atoms with Gasteiger partial charge in [-0.25, -0.2) is 22.7 Å². The molecule has 0 amide bonds.